The zero-order chi connectivity index (χ0) is 18.7. The molecular weight excluding hydrogens is 342 g/mol. The number of amides is 1. The second kappa shape index (κ2) is 7.43. The average Bonchev–Trinajstić information content (AvgIpc) is 2.64. The smallest absolute Gasteiger partial charge is 0.387 e. The SMILES string of the molecule is C=CCN1C(=O)c2ccccc2NC1c1ccc(OC(F)F)c(OC)c1. The number of anilines is 1. The van der Waals surface area contributed by atoms with Gasteiger partial charge in [-0.1, -0.05) is 24.3 Å². The van der Waals surface area contributed by atoms with Crippen LogP contribution in [0.5, 0.6) is 11.5 Å². The number of alkyl halides is 2. The van der Waals surface area contributed by atoms with Crippen LogP contribution in [-0.2, 0) is 0 Å². The molecule has 7 heteroatoms. The van der Waals surface area contributed by atoms with E-state index in [1.54, 1.807) is 35.2 Å². The van der Waals surface area contributed by atoms with E-state index in [-0.39, 0.29) is 17.4 Å². The average molecular weight is 360 g/mol. The maximum absolute atomic E-state index is 12.8. The fourth-order valence-corrected chi connectivity index (χ4v) is 2.93. The number of rotatable bonds is 6. The Morgan fingerprint density at radius 1 is 1.27 bits per heavy atom. The number of carbonyl (C=O) groups is 1. The summed E-state index contributed by atoms with van der Waals surface area (Å²) in [5.41, 5.74) is 1.94. The van der Waals surface area contributed by atoms with Gasteiger partial charge in [-0.15, -0.1) is 6.58 Å². The molecule has 136 valence electrons. The van der Waals surface area contributed by atoms with E-state index in [0.717, 1.165) is 0 Å². The summed E-state index contributed by atoms with van der Waals surface area (Å²) in [6.07, 6.45) is 1.14. The topological polar surface area (TPSA) is 50.8 Å². The summed E-state index contributed by atoms with van der Waals surface area (Å²) < 4.78 is 34.6. The van der Waals surface area contributed by atoms with E-state index >= 15 is 0 Å². The molecule has 1 heterocycles. The van der Waals surface area contributed by atoms with Gasteiger partial charge in [-0.25, -0.2) is 0 Å². The van der Waals surface area contributed by atoms with Crippen LogP contribution in [0.2, 0.25) is 0 Å². The van der Waals surface area contributed by atoms with Gasteiger partial charge in [0.15, 0.2) is 11.5 Å². The molecule has 0 aromatic heterocycles. The van der Waals surface area contributed by atoms with Crippen molar-refractivity contribution in [2.24, 2.45) is 0 Å². The minimum absolute atomic E-state index is 0.0657. The number of fused-ring (bicyclic) bond motifs is 1. The molecule has 0 saturated heterocycles. The first kappa shape index (κ1) is 17.7. The van der Waals surface area contributed by atoms with Gasteiger partial charge in [-0.05, 0) is 29.8 Å². The molecule has 1 aliphatic rings. The first-order valence-corrected chi connectivity index (χ1v) is 7.95. The first-order valence-electron chi connectivity index (χ1n) is 7.95. The van der Waals surface area contributed by atoms with Crippen LogP contribution in [0.15, 0.2) is 55.1 Å². The first-order chi connectivity index (χ1) is 12.5. The van der Waals surface area contributed by atoms with Gasteiger partial charge in [0.05, 0.1) is 12.7 Å². The van der Waals surface area contributed by atoms with Gasteiger partial charge >= 0.3 is 6.61 Å². The van der Waals surface area contributed by atoms with Crippen molar-refractivity contribution in [3.8, 4) is 11.5 Å². The molecule has 3 rings (SSSR count). The van der Waals surface area contributed by atoms with Crippen molar-refractivity contribution in [2.45, 2.75) is 12.8 Å². The van der Waals surface area contributed by atoms with Crippen molar-refractivity contribution in [3.05, 3.63) is 66.2 Å². The molecule has 0 spiro atoms. The minimum atomic E-state index is -2.95. The van der Waals surface area contributed by atoms with Gasteiger partial charge < -0.3 is 19.7 Å². The Bertz CT molecular complexity index is 826. The zero-order valence-electron chi connectivity index (χ0n) is 14.1. The number of hydrogen-bond acceptors (Lipinski definition) is 4. The third-order valence-corrected chi connectivity index (χ3v) is 4.07. The largest absolute Gasteiger partial charge is 0.493 e. The lowest BCUT2D eigenvalue weighted by Crippen LogP contribution is -2.42. The Morgan fingerprint density at radius 3 is 2.73 bits per heavy atom. The minimum Gasteiger partial charge on any atom is -0.493 e. The van der Waals surface area contributed by atoms with Crippen LogP contribution in [0.25, 0.3) is 0 Å². The monoisotopic (exact) mass is 360 g/mol. The van der Waals surface area contributed by atoms with Crippen molar-refractivity contribution < 1.29 is 23.0 Å². The quantitative estimate of drug-likeness (QED) is 0.790. The summed E-state index contributed by atoms with van der Waals surface area (Å²) in [7, 11) is 1.37. The highest BCUT2D eigenvalue weighted by atomic mass is 19.3. The summed E-state index contributed by atoms with van der Waals surface area (Å²) in [4.78, 5) is 14.4. The standard InChI is InChI=1S/C19H18F2N2O3/c1-3-10-23-17(22-14-7-5-4-6-13(14)18(23)24)12-8-9-15(26-19(20)21)16(11-12)25-2/h3-9,11,17,19,22H,1,10H2,2H3. The zero-order valence-corrected chi connectivity index (χ0v) is 14.1. The lowest BCUT2D eigenvalue weighted by atomic mass is 10.0. The van der Waals surface area contributed by atoms with Gasteiger partial charge in [0.1, 0.15) is 6.17 Å². The van der Waals surface area contributed by atoms with E-state index in [9.17, 15) is 13.6 Å². The Kier molecular flexibility index (Phi) is 5.06. The summed E-state index contributed by atoms with van der Waals surface area (Å²) in [5, 5.41) is 3.30. The maximum atomic E-state index is 12.8. The van der Waals surface area contributed by atoms with E-state index in [0.29, 0.717) is 23.4 Å². The van der Waals surface area contributed by atoms with Crippen molar-refractivity contribution in [1.82, 2.24) is 4.90 Å². The van der Waals surface area contributed by atoms with Crippen LogP contribution >= 0.6 is 0 Å². The van der Waals surface area contributed by atoms with E-state index in [4.69, 9.17) is 4.74 Å². The molecule has 1 atom stereocenters. The normalized spacial score (nSPS) is 16.1. The summed E-state index contributed by atoms with van der Waals surface area (Å²) in [5.74, 6) is -0.0466. The Hall–Kier alpha value is -3.09. The fraction of sp³-hybridized carbons (Fsp3) is 0.211. The summed E-state index contributed by atoms with van der Waals surface area (Å²) in [6, 6.07) is 11.8. The predicted molar refractivity (Wildman–Crippen MR) is 93.7 cm³/mol. The third-order valence-electron chi connectivity index (χ3n) is 4.07. The molecule has 26 heavy (non-hydrogen) atoms. The number of hydrogen-bond donors (Lipinski definition) is 1. The molecule has 2 aromatic rings. The molecule has 1 aliphatic heterocycles. The van der Waals surface area contributed by atoms with Crippen molar-refractivity contribution in [3.63, 3.8) is 0 Å². The summed E-state index contributed by atoms with van der Waals surface area (Å²) >= 11 is 0. The van der Waals surface area contributed by atoms with E-state index in [1.807, 2.05) is 12.1 Å². The number of para-hydroxylation sites is 1. The second-order valence-corrected chi connectivity index (χ2v) is 5.63. The van der Waals surface area contributed by atoms with Gasteiger partial charge in [0, 0.05) is 12.2 Å². The number of halogens is 2. The number of methoxy groups -OCH3 is 1. The van der Waals surface area contributed by atoms with Gasteiger partial charge in [-0.3, -0.25) is 4.79 Å². The summed E-state index contributed by atoms with van der Waals surface area (Å²) in [6.45, 7) is 1.08. The van der Waals surface area contributed by atoms with Crippen LogP contribution in [0.4, 0.5) is 14.5 Å². The highest BCUT2D eigenvalue weighted by molar-refractivity contribution is 6.01. The molecule has 1 N–H and O–H groups in total. The molecule has 0 radical (unpaired) electrons. The van der Waals surface area contributed by atoms with Gasteiger partial charge in [-0.2, -0.15) is 8.78 Å². The molecule has 0 aliphatic carbocycles. The molecule has 0 fully saturated rings. The second-order valence-electron chi connectivity index (χ2n) is 5.63. The number of ether oxygens (including phenoxy) is 2. The molecule has 1 amide bonds. The van der Waals surface area contributed by atoms with Crippen molar-refractivity contribution in [1.29, 1.82) is 0 Å². The fourth-order valence-electron chi connectivity index (χ4n) is 2.93. The lowest BCUT2D eigenvalue weighted by molar-refractivity contribution is -0.0512. The Morgan fingerprint density at radius 2 is 2.04 bits per heavy atom. The van der Waals surface area contributed by atoms with Gasteiger partial charge in [0.2, 0.25) is 0 Å². The number of nitrogens with zero attached hydrogens (tertiary/aromatic N) is 1. The Balaban J connectivity index is 2.01. The highest BCUT2D eigenvalue weighted by Crippen LogP contribution is 2.37. The van der Waals surface area contributed by atoms with Crippen LogP contribution in [0, 0.1) is 0 Å². The van der Waals surface area contributed by atoms with E-state index in [1.165, 1.54) is 13.2 Å². The van der Waals surface area contributed by atoms with Gasteiger partial charge in [0.25, 0.3) is 5.91 Å². The lowest BCUT2D eigenvalue weighted by Gasteiger charge is -2.37. The van der Waals surface area contributed by atoms with Crippen LogP contribution in [0.1, 0.15) is 22.1 Å². The number of nitrogens with one attached hydrogen (secondary N) is 1. The van der Waals surface area contributed by atoms with Crippen LogP contribution in [-0.4, -0.2) is 31.1 Å². The number of benzene rings is 2. The third kappa shape index (κ3) is 3.33. The molecule has 5 nitrogen and oxygen atoms in total. The van der Waals surface area contributed by atoms with Crippen LogP contribution < -0.4 is 14.8 Å². The van der Waals surface area contributed by atoms with E-state index in [2.05, 4.69) is 16.6 Å². The molecule has 0 bridgehead atoms. The molecule has 2 aromatic carbocycles. The predicted octanol–water partition coefficient (Wildman–Crippen LogP) is 4.05. The van der Waals surface area contributed by atoms with Crippen molar-refractivity contribution >= 4 is 11.6 Å². The Labute approximate surface area is 149 Å². The molecular formula is C19H18F2N2O3. The van der Waals surface area contributed by atoms with Crippen molar-refractivity contribution in [2.75, 3.05) is 19.0 Å². The van der Waals surface area contributed by atoms with Crippen LogP contribution in [0.3, 0.4) is 0 Å². The molecule has 1 unspecified atom stereocenters. The maximum Gasteiger partial charge on any atom is 0.387 e. The highest BCUT2D eigenvalue weighted by Gasteiger charge is 2.32. The van der Waals surface area contributed by atoms with E-state index < -0.39 is 12.8 Å². The molecule has 0 saturated carbocycles. The number of carbonyl (C=O) groups excluding carboxylic acids is 1.